The van der Waals surface area contributed by atoms with Gasteiger partial charge in [-0.25, -0.2) is 0 Å². The molecular formula is C11H25N3O. The van der Waals surface area contributed by atoms with Crippen molar-refractivity contribution in [2.45, 2.75) is 39.3 Å². The van der Waals surface area contributed by atoms with Gasteiger partial charge in [0.25, 0.3) is 0 Å². The molecule has 0 radical (unpaired) electrons. The van der Waals surface area contributed by atoms with Crippen LogP contribution in [0, 0.1) is 0 Å². The first-order valence-electron chi connectivity index (χ1n) is 5.63. The van der Waals surface area contributed by atoms with E-state index >= 15 is 0 Å². The van der Waals surface area contributed by atoms with Crippen LogP contribution in [0.1, 0.15) is 27.2 Å². The first-order chi connectivity index (χ1) is 6.97. The smallest absolute Gasteiger partial charge is 0.221 e. The number of hydrogen-bond acceptors (Lipinski definition) is 3. The van der Waals surface area contributed by atoms with Gasteiger partial charge in [0.2, 0.25) is 5.91 Å². The highest BCUT2D eigenvalue weighted by Gasteiger charge is 2.09. The van der Waals surface area contributed by atoms with Crippen molar-refractivity contribution < 1.29 is 4.79 Å². The average molecular weight is 215 g/mol. The lowest BCUT2D eigenvalue weighted by atomic mass is 10.2. The van der Waals surface area contributed by atoms with Crippen LogP contribution in [0.3, 0.4) is 0 Å². The van der Waals surface area contributed by atoms with E-state index in [4.69, 9.17) is 0 Å². The molecule has 0 aliphatic heterocycles. The predicted molar refractivity (Wildman–Crippen MR) is 63.9 cm³/mol. The molecule has 15 heavy (non-hydrogen) atoms. The van der Waals surface area contributed by atoms with Crippen molar-refractivity contribution in [3.05, 3.63) is 0 Å². The first-order valence-corrected chi connectivity index (χ1v) is 5.63. The van der Waals surface area contributed by atoms with E-state index in [-0.39, 0.29) is 11.9 Å². The number of amides is 1. The predicted octanol–water partition coefficient (Wildman–Crippen LogP) is 0.441. The highest BCUT2D eigenvalue weighted by Crippen LogP contribution is 1.92. The molecule has 0 aliphatic rings. The summed E-state index contributed by atoms with van der Waals surface area (Å²) in [5.74, 6) is 0.122. The second-order valence-corrected chi connectivity index (χ2v) is 4.28. The Bertz CT molecular complexity index is 183. The summed E-state index contributed by atoms with van der Waals surface area (Å²) < 4.78 is 0. The Morgan fingerprint density at radius 3 is 2.40 bits per heavy atom. The van der Waals surface area contributed by atoms with Gasteiger partial charge >= 0.3 is 0 Å². The van der Waals surface area contributed by atoms with Crippen molar-refractivity contribution >= 4 is 5.91 Å². The summed E-state index contributed by atoms with van der Waals surface area (Å²) in [4.78, 5) is 13.6. The van der Waals surface area contributed by atoms with Gasteiger partial charge in [0.05, 0.1) is 0 Å². The van der Waals surface area contributed by atoms with Crippen molar-refractivity contribution in [3.63, 3.8) is 0 Å². The largest absolute Gasteiger partial charge is 0.354 e. The van der Waals surface area contributed by atoms with Gasteiger partial charge in [-0.15, -0.1) is 0 Å². The van der Waals surface area contributed by atoms with Gasteiger partial charge in [-0.05, 0) is 34.5 Å². The molecule has 90 valence electrons. The Hall–Kier alpha value is -0.610. The van der Waals surface area contributed by atoms with E-state index in [0.717, 1.165) is 6.54 Å². The highest BCUT2D eigenvalue weighted by atomic mass is 16.1. The van der Waals surface area contributed by atoms with E-state index < -0.39 is 0 Å². The van der Waals surface area contributed by atoms with Crippen LogP contribution in [0.2, 0.25) is 0 Å². The third-order valence-electron chi connectivity index (χ3n) is 2.52. The Morgan fingerprint density at radius 1 is 1.33 bits per heavy atom. The molecule has 1 amide bonds. The summed E-state index contributed by atoms with van der Waals surface area (Å²) in [5.41, 5.74) is 0. The van der Waals surface area contributed by atoms with Crippen molar-refractivity contribution in [1.82, 2.24) is 15.5 Å². The zero-order chi connectivity index (χ0) is 11.8. The number of carbonyl (C=O) groups excluding carboxylic acids is 1. The minimum absolute atomic E-state index is 0.122. The van der Waals surface area contributed by atoms with Crippen LogP contribution in [0.4, 0.5) is 0 Å². The number of hydrogen-bond donors (Lipinski definition) is 2. The van der Waals surface area contributed by atoms with E-state index in [1.807, 2.05) is 27.9 Å². The van der Waals surface area contributed by atoms with Crippen LogP contribution >= 0.6 is 0 Å². The molecule has 0 heterocycles. The minimum Gasteiger partial charge on any atom is -0.354 e. The maximum atomic E-state index is 11.5. The van der Waals surface area contributed by atoms with E-state index in [2.05, 4.69) is 22.5 Å². The fourth-order valence-electron chi connectivity index (χ4n) is 1.22. The van der Waals surface area contributed by atoms with Gasteiger partial charge in [0, 0.05) is 25.0 Å². The van der Waals surface area contributed by atoms with Crippen LogP contribution in [0.15, 0.2) is 0 Å². The summed E-state index contributed by atoms with van der Waals surface area (Å²) in [6, 6.07) is 0.632. The molecule has 0 rings (SSSR count). The number of nitrogens with one attached hydrogen (secondary N) is 2. The molecule has 0 bridgehead atoms. The van der Waals surface area contributed by atoms with Crippen molar-refractivity contribution in [2.24, 2.45) is 0 Å². The van der Waals surface area contributed by atoms with E-state index in [0.29, 0.717) is 19.0 Å². The summed E-state index contributed by atoms with van der Waals surface area (Å²) in [5, 5.41) is 6.15. The highest BCUT2D eigenvalue weighted by molar-refractivity contribution is 5.76. The fraction of sp³-hybridized carbons (Fsp3) is 0.909. The molecular weight excluding hydrogens is 190 g/mol. The van der Waals surface area contributed by atoms with Crippen molar-refractivity contribution in [3.8, 4) is 0 Å². The van der Waals surface area contributed by atoms with Gasteiger partial charge < -0.3 is 15.5 Å². The van der Waals surface area contributed by atoms with Gasteiger partial charge in [-0.1, -0.05) is 6.92 Å². The van der Waals surface area contributed by atoms with Crippen molar-refractivity contribution in [1.29, 1.82) is 0 Å². The van der Waals surface area contributed by atoms with E-state index in [9.17, 15) is 4.79 Å². The quantitative estimate of drug-likeness (QED) is 0.648. The summed E-state index contributed by atoms with van der Waals surface area (Å²) in [6.45, 7) is 7.78. The lowest BCUT2D eigenvalue weighted by molar-refractivity contribution is -0.121. The second kappa shape index (κ2) is 7.65. The molecule has 0 aromatic heterocycles. The Labute approximate surface area is 93.4 Å². The van der Waals surface area contributed by atoms with Crippen LogP contribution in [-0.2, 0) is 4.79 Å². The summed E-state index contributed by atoms with van der Waals surface area (Å²) >= 11 is 0. The van der Waals surface area contributed by atoms with Gasteiger partial charge in [-0.2, -0.15) is 0 Å². The lowest BCUT2D eigenvalue weighted by Crippen LogP contribution is -2.40. The van der Waals surface area contributed by atoms with Crippen LogP contribution < -0.4 is 10.6 Å². The minimum atomic E-state index is 0.122. The standard InChI is InChI=1S/C11H25N3O/c1-6-12-9(2)7-11(15)13-8-10(3)14(4)5/h9-10,12H,6-8H2,1-5H3,(H,13,15). The number of nitrogens with zero attached hydrogens (tertiary/aromatic N) is 1. The van der Waals surface area contributed by atoms with Gasteiger partial charge in [0.15, 0.2) is 0 Å². The molecule has 0 aromatic rings. The normalized spacial score (nSPS) is 15.1. The summed E-state index contributed by atoms with van der Waals surface area (Å²) in [7, 11) is 4.02. The molecule has 4 heteroatoms. The number of likely N-dealkylation sites (N-methyl/N-ethyl adjacent to an activating group) is 1. The molecule has 0 aromatic carbocycles. The van der Waals surface area contributed by atoms with Crippen LogP contribution in [0.5, 0.6) is 0 Å². The van der Waals surface area contributed by atoms with E-state index in [1.165, 1.54) is 0 Å². The fourth-order valence-corrected chi connectivity index (χ4v) is 1.22. The van der Waals surface area contributed by atoms with Crippen LogP contribution in [-0.4, -0.2) is 50.1 Å². The average Bonchev–Trinajstić information content (AvgIpc) is 2.14. The lowest BCUT2D eigenvalue weighted by Gasteiger charge is -2.20. The SMILES string of the molecule is CCNC(C)CC(=O)NCC(C)N(C)C. The van der Waals surface area contributed by atoms with E-state index in [1.54, 1.807) is 0 Å². The topological polar surface area (TPSA) is 44.4 Å². The van der Waals surface area contributed by atoms with Gasteiger partial charge in [-0.3, -0.25) is 4.79 Å². The molecule has 0 saturated carbocycles. The van der Waals surface area contributed by atoms with Crippen LogP contribution in [0.25, 0.3) is 0 Å². The molecule has 2 atom stereocenters. The Kier molecular flexibility index (Phi) is 7.34. The monoisotopic (exact) mass is 215 g/mol. The number of carbonyl (C=O) groups is 1. The van der Waals surface area contributed by atoms with Gasteiger partial charge in [0.1, 0.15) is 0 Å². The third kappa shape index (κ3) is 7.33. The maximum absolute atomic E-state index is 11.5. The molecule has 0 spiro atoms. The number of rotatable bonds is 7. The molecule has 4 nitrogen and oxygen atoms in total. The third-order valence-corrected chi connectivity index (χ3v) is 2.52. The molecule has 0 aliphatic carbocycles. The first kappa shape index (κ1) is 14.4. The molecule has 0 saturated heterocycles. The zero-order valence-electron chi connectivity index (χ0n) is 10.6. The summed E-state index contributed by atoms with van der Waals surface area (Å²) in [6.07, 6.45) is 0.550. The van der Waals surface area contributed by atoms with Crippen molar-refractivity contribution in [2.75, 3.05) is 27.2 Å². The second-order valence-electron chi connectivity index (χ2n) is 4.28. The molecule has 2 N–H and O–H groups in total. The Morgan fingerprint density at radius 2 is 1.93 bits per heavy atom. The Balaban J connectivity index is 3.66. The maximum Gasteiger partial charge on any atom is 0.221 e. The zero-order valence-corrected chi connectivity index (χ0v) is 10.6. The molecule has 0 fully saturated rings. The molecule has 2 unspecified atom stereocenters.